The summed E-state index contributed by atoms with van der Waals surface area (Å²) in [5.74, 6) is 2.76. The van der Waals surface area contributed by atoms with Crippen LogP contribution in [0.25, 0.3) is 0 Å². The molecule has 0 heterocycles. The Labute approximate surface area is 93.3 Å². The highest BCUT2D eigenvalue weighted by Gasteiger charge is 2.62. The molecule has 0 aliphatic heterocycles. The number of rotatable bonds is 1. The van der Waals surface area contributed by atoms with Crippen LogP contribution in [0.3, 0.4) is 0 Å². The van der Waals surface area contributed by atoms with Crippen LogP contribution in [0.4, 0.5) is 0 Å². The van der Waals surface area contributed by atoms with Crippen molar-refractivity contribution in [1.82, 2.24) is 0 Å². The van der Waals surface area contributed by atoms with Crippen molar-refractivity contribution in [2.45, 2.75) is 59.0 Å². The minimum Gasteiger partial charge on any atom is -0.393 e. The summed E-state index contributed by atoms with van der Waals surface area (Å²) in [6.45, 7) is 6.87. The second-order valence-electron chi connectivity index (χ2n) is 7.10. The highest BCUT2D eigenvalue weighted by atomic mass is 16.3. The van der Waals surface area contributed by atoms with Gasteiger partial charge >= 0.3 is 0 Å². The SMILES string of the molecule is CC(O)C12CC3CC(CC(C3)C1(C)C)C2. The zero-order chi connectivity index (χ0) is 10.8. The molecule has 86 valence electrons. The van der Waals surface area contributed by atoms with Crippen molar-refractivity contribution < 1.29 is 5.11 Å². The van der Waals surface area contributed by atoms with E-state index >= 15 is 0 Å². The normalized spacial score (nSPS) is 53.2. The second-order valence-corrected chi connectivity index (χ2v) is 7.10. The molecule has 4 saturated carbocycles. The molecule has 0 amide bonds. The van der Waals surface area contributed by atoms with Gasteiger partial charge in [-0.1, -0.05) is 13.8 Å². The first-order chi connectivity index (χ1) is 6.96. The highest BCUT2D eigenvalue weighted by Crippen LogP contribution is 2.69. The van der Waals surface area contributed by atoms with Crippen LogP contribution < -0.4 is 0 Å². The molecule has 3 atom stereocenters. The molecule has 0 aromatic heterocycles. The topological polar surface area (TPSA) is 20.2 Å². The van der Waals surface area contributed by atoms with Gasteiger partial charge in [0, 0.05) is 5.41 Å². The Morgan fingerprint density at radius 2 is 1.60 bits per heavy atom. The number of aliphatic hydroxyl groups excluding tert-OH is 1. The highest BCUT2D eigenvalue weighted by molar-refractivity contribution is 5.12. The van der Waals surface area contributed by atoms with E-state index in [0.717, 1.165) is 17.8 Å². The molecule has 0 aromatic carbocycles. The Kier molecular flexibility index (Phi) is 1.89. The van der Waals surface area contributed by atoms with Crippen LogP contribution in [0.2, 0.25) is 0 Å². The zero-order valence-electron chi connectivity index (χ0n) is 10.3. The molecule has 4 bridgehead atoms. The summed E-state index contributed by atoms with van der Waals surface area (Å²) >= 11 is 0. The number of hydrogen-bond acceptors (Lipinski definition) is 1. The summed E-state index contributed by atoms with van der Waals surface area (Å²) in [6.07, 6.45) is 6.83. The van der Waals surface area contributed by atoms with Gasteiger partial charge in [0.05, 0.1) is 6.10 Å². The molecular formula is C14H24O. The third kappa shape index (κ3) is 1.08. The van der Waals surface area contributed by atoms with Crippen molar-refractivity contribution in [1.29, 1.82) is 0 Å². The summed E-state index contributed by atoms with van der Waals surface area (Å²) in [7, 11) is 0. The maximum absolute atomic E-state index is 10.3. The van der Waals surface area contributed by atoms with Crippen molar-refractivity contribution in [3.8, 4) is 0 Å². The molecule has 1 N–H and O–H groups in total. The van der Waals surface area contributed by atoms with Gasteiger partial charge in [-0.3, -0.25) is 0 Å². The van der Waals surface area contributed by atoms with Crippen LogP contribution in [0, 0.1) is 28.6 Å². The molecular weight excluding hydrogens is 184 g/mol. The quantitative estimate of drug-likeness (QED) is 0.701. The average Bonchev–Trinajstić information content (AvgIpc) is 2.13. The molecule has 3 unspecified atom stereocenters. The van der Waals surface area contributed by atoms with Gasteiger partial charge in [0.15, 0.2) is 0 Å². The van der Waals surface area contributed by atoms with E-state index in [2.05, 4.69) is 13.8 Å². The smallest absolute Gasteiger partial charge is 0.0573 e. The maximum Gasteiger partial charge on any atom is 0.0573 e. The van der Waals surface area contributed by atoms with E-state index in [1.165, 1.54) is 32.1 Å². The molecule has 1 heteroatoms. The molecule has 1 nitrogen and oxygen atoms in total. The average molecular weight is 208 g/mol. The van der Waals surface area contributed by atoms with E-state index in [9.17, 15) is 5.11 Å². The molecule has 0 aromatic rings. The largest absolute Gasteiger partial charge is 0.393 e. The van der Waals surface area contributed by atoms with Gasteiger partial charge in [-0.25, -0.2) is 0 Å². The van der Waals surface area contributed by atoms with E-state index in [1.807, 2.05) is 6.92 Å². The summed E-state index contributed by atoms with van der Waals surface area (Å²) in [4.78, 5) is 0. The third-order valence-corrected chi connectivity index (χ3v) is 6.31. The predicted octanol–water partition coefficient (Wildman–Crippen LogP) is 3.22. The van der Waals surface area contributed by atoms with Crippen molar-refractivity contribution in [3.05, 3.63) is 0 Å². The van der Waals surface area contributed by atoms with Crippen LogP contribution in [-0.4, -0.2) is 11.2 Å². The van der Waals surface area contributed by atoms with Crippen LogP contribution >= 0.6 is 0 Å². The Morgan fingerprint density at radius 1 is 1.07 bits per heavy atom. The Bertz CT molecular complexity index is 265. The fourth-order valence-corrected chi connectivity index (χ4v) is 5.41. The zero-order valence-corrected chi connectivity index (χ0v) is 10.3. The summed E-state index contributed by atoms with van der Waals surface area (Å²) in [6, 6.07) is 0. The van der Waals surface area contributed by atoms with Crippen LogP contribution in [-0.2, 0) is 0 Å². The van der Waals surface area contributed by atoms with E-state index in [1.54, 1.807) is 0 Å². The van der Waals surface area contributed by atoms with Crippen molar-refractivity contribution in [2.24, 2.45) is 28.6 Å². The lowest BCUT2D eigenvalue weighted by Gasteiger charge is -2.67. The first kappa shape index (κ1) is 10.1. The second kappa shape index (κ2) is 2.80. The van der Waals surface area contributed by atoms with E-state index < -0.39 is 0 Å². The monoisotopic (exact) mass is 208 g/mol. The first-order valence-electron chi connectivity index (χ1n) is 6.64. The van der Waals surface area contributed by atoms with Gasteiger partial charge in [0.25, 0.3) is 0 Å². The van der Waals surface area contributed by atoms with Gasteiger partial charge in [-0.15, -0.1) is 0 Å². The molecule has 4 aliphatic carbocycles. The Hall–Kier alpha value is -0.0400. The van der Waals surface area contributed by atoms with Crippen molar-refractivity contribution >= 4 is 0 Å². The standard InChI is InChI=1S/C14H24O/c1-9(15)14-7-10-4-11(8-14)6-12(5-10)13(14,2)3/h9-12,15H,4-8H2,1-3H3. The Balaban J connectivity index is 2.05. The Morgan fingerprint density at radius 3 is 2.07 bits per heavy atom. The van der Waals surface area contributed by atoms with E-state index in [4.69, 9.17) is 0 Å². The van der Waals surface area contributed by atoms with Crippen molar-refractivity contribution in [3.63, 3.8) is 0 Å². The minimum atomic E-state index is -0.110. The van der Waals surface area contributed by atoms with Crippen LogP contribution in [0.15, 0.2) is 0 Å². The van der Waals surface area contributed by atoms with E-state index in [0.29, 0.717) is 5.41 Å². The molecule has 15 heavy (non-hydrogen) atoms. The molecule has 4 aliphatic rings. The van der Waals surface area contributed by atoms with Crippen molar-refractivity contribution in [2.75, 3.05) is 0 Å². The lowest BCUT2D eigenvalue weighted by Crippen LogP contribution is -2.61. The molecule has 0 spiro atoms. The van der Waals surface area contributed by atoms with Gasteiger partial charge in [-0.05, 0) is 62.2 Å². The summed E-state index contributed by atoms with van der Waals surface area (Å²) < 4.78 is 0. The van der Waals surface area contributed by atoms with Gasteiger partial charge < -0.3 is 5.11 Å². The van der Waals surface area contributed by atoms with E-state index in [-0.39, 0.29) is 11.5 Å². The summed E-state index contributed by atoms with van der Waals surface area (Å²) in [5.41, 5.74) is 0.621. The summed E-state index contributed by atoms with van der Waals surface area (Å²) in [5, 5.41) is 10.3. The fourth-order valence-electron chi connectivity index (χ4n) is 5.41. The molecule has 0 radical (unpaired) electrons. The van der Waals surface area contributed by atoms with Crippen LogP contribution in [0.5, 0.6) is 0 Å². The number of hydrogen-bond donors (Lipinski definition) is 1. The van der Waals surface area contributed by atoms with Crippen LogP contribution in [0.1, 0.15) is 52.9 Å². The first-order valence-corrected chi connectivity index (χ1v) is 6.64. The molecule has 4 rings (SSSR count). The molecule has 4 fully saturated rings. The lowest BCUT2D eigenvalue weighted by atomic mass is 9.38. The fraction of sp³-hybridized carbons (Fsp3) is 1.00. The predicted molar refractivity (Wildman–Crippen MR) is 61.4 cm³/mol. The molecule has 0 saturated heterocycles. The minimum absolute atomic E-state index is 0.110. The lowest BCUT2D eigenvalue weighted by molar-refractivity contribution is -0.203. The third-order valence-electron chi connectivity index (χ3n) is 6.31. The number of aliphatic hydroxyl groups is 1. The van der Waals surface area contributed by atoms with Gasteiger partial charge in [0.2, 0.25) is 0 Å². The maximum atomic E-state index is 10.3. The van der Waals surface area contributed by atoms with Gasteiger partial charge in [-0.2, -0.15) is 0 Å². The van der Waals surface area contributed by atoms with Gasteiger partial charge in [0.1, 0.15) is 0 Å².